The molecule has 0 aromatic carbocycles. The molecule has 1 N–H and O–H groups in total. The van der Waals surface area contributed by atoms with Gasteiger partial charge >= 0.3 is 0 Å². The monoisotopic (exact) mass is 249 g/mol. The van der Waals surface area contributed by atoms with Gasteiger partial charge in [0.15, 0.2) is 0 Å². The Bertz CT molecular complexity index is 521. The van der Waals surface area contributed by atoms with Crippen LogP contribution in [0.3, 0.4) is 0 Å². The number of thiazole rings is 1. The van der Waals surface area contributed by atoms with Crippen molar-refractivity contribution in [2.45, 2.75) is 12.8 Å². The van der Waals surface area contributed by atoms with Crippen molar-refractivity contribution >= 4 is 17.0 Å². The molecule has 0 aliphatic carbocycles. The second-order valence-corrected chi connectivity index (χ2v) is 4.99. The van der Waals surface area contributed by atoms with Gasteiger partial charge in [0.05, 0.1) is 5.01 Å². The molecule has 0 bridgehead atoms. The molecule has 2 aromatic heterocycles. The molecule has 0 amide bonds. The number of anilines is 1. The SMILES string of the molecule is CC(CN(C)c1cc[nH]c(=O)c1)c1nccs1. The zero-order valence-electron chi connectivity index (χ0n) is 9.88. The van der Waals surface area contributed by atoms with Gasteiger partial charge in [0, 0.05) is 49.0 Å². The fourth-order valence-corrected chi connectivity index (χ4v) is 2.43. The molecule has 2 rings (SSSR count). The van der Waals surface area contributed by atoms with Gasteiger partial charge in [0.2, 0.25) is 5.56 Å². The minimum atomic E-state index is -0.0729. The predicted octanol–water partition coefficient (Wildman–Crippen LogP) is 2.07. The Hall–Kier alpha value is -1.62. The quantitative estimate of drug-likeness (QED) is 0.902. The number of hydrogen-bond donors (Lipinski definition) is 1. The summed E-state index contributed by atoms with van der Waals surface area (Å²) in [6.45, 7) is 2.99. The van der Waals surface area contributed by atoms with Gasteiger partial charge in [-0.15, -0.1) is 11.3 Å². The first-order valence-corrected chi connectivity index (χ1v) is 6.34. The number of H-pyrrole nitrogens is 1. The molecule has 4 nitrogen and oxygen atoms in total. The highest BCUT2D eigenvalue weighted by Crippen LogP contribution is 2.20. The first-order valence-electron chi connectivity index (χ1n) is 5.46. The fourth-order valence-electron chi connectivity index (χ4n) is 1.74. The second-order valence-electron chi connectivity index (χ2n) is 4.06. The van der Waals surface area contributed by atoms with Crippen molar-refractivity contribution in [3.05, 3.63) is 45.3 Å². The van der Waals surface area contributed by atoms with Gasteiger partial charge in [0.25, 0.3) is 0 Å². The molecular weight excluding hydrogens is 234 g/mol. The number of aromatic amines is 1. The second kappa shape index (κ2) is 5.14. The smallest absolute Gasteiger partial charge is 0.249 e. The highest BCUT2D eigenvalue weighted by Gasteiger charge is 2.11. The molecule has 1 atom stereocenters. The summed E-state index contributed by atoms with van der Waals surface area (Å²) in [5.74, 6) is 0.360. The lowest BCUT2D eigenvalue weighted by Crippen LogP contribution is -2.24. The highest BCUT2D eigenvalue weighted by molar-refractivity contribution is 7.09. The van der Waals surface area contributed by atoms with E-state index in [4.69, 9.17) is 0 Å². The van der Waals surface area contributed by atoms with Gasteiger partial charge < -0.3 is 9.88 Å². The maximum absolute atomic E-state index is 11.2. The number of likely N-dealkylation sites (N-methyl/N-ethyl adjacent to an activating group) is 1. The molecule has 0 saturated carbocycles. The Morgan fingerprint density at radius 2 is 2.41 bits per heavy atom. The number of aromatic nitrogens is 2. The van der Waals surface area contributed by atoms with Crippen LogP contribution in [0.2, 0.25) is 0 Å². The van der Waals surface area contributed by atoms with Crippen molar-refractivity contribution in [1.29, 1.82) is 0 Å². The molecule has 2 heterocycles. The lowest BCUT2D eigenvalue weighted by Gasteiger charge is -2.22. The third-order valence-electron chi connectivity index (χ3n) is 2.62. The zero-order valence-corrected chi connectivity index (χ0v) is 10.7. The number of nitrogens with zero attached hydrogens (tertiary/aromatic N) is 2. The van der Waals surface area contributed by atoms with Crippen LogP contribution >= 0.6 is 11.3 Å². The summed E-state index contributed by atoms with van der Waals surface area (Å²) in [5.41, 5.74) is 0.855. The van der Waals surface area contributed by atoms with Crippen LogP contribution in [0.25, 0.3) is 0 Å². The molecule has 0 fully saturated rings. The number of hydrogen-bond acceptors (Lipinski definition) is 4. The van der Waals surface area contributed by atoms with E-state index in [2.05, 4.69) is 21.8 Å². The third-order valence-corrected chi connectivity index (χ3v) is 3.63. The van der Waals surface area contributed by atoms with Gasteiger partial charge in [-0.3, -0.25) is 4.79 Å². The fraction of sp³-hybridized carbons (Fsp3) is 0.333. The molecule has 0 spiro atoms. The molecule has 17 heavy (non-hydrogen) atoms. The molecule has 0 aliphatic rings. The normalized spacial score (nSPS) is 12.4. The van der Waals surface area contributed by atoms with E-state index in [0.717, 1.165) is 17.2 Å². The summed E-state index contributed by atoms with van der Waals surface area (Å²) in [4.78, 5) is 20.2. The van der Waals surface area contributed by atoms with Crippen molar-refractivity contribution in [3.8, 4) is 0 Å². The van der Waals surface area contributed by atoms with E-state index in [1.54, 1.807) is 23.6 Å². The Morgan fingerprint density at radius 1 is 1.59 bits per heavy atom. The summed E-state index contributed by atoms with van der Waals surface area (Å²) in [6, 6.07) is 3.50. The van der Waals surface area contributed by atoms with E-state index in [1.807, 2.05) is 24.7 Å². The Kier molecular flexibility index (Phi) is 3.58. The average Bonchev–Trinajstić information content (AvgIpc) is 2.82. The number of rotatable bonds is 4. The van der Waals surface area contributed by atoms with Crippen LogP contribution in [0.5, 0.6) is 0 Å². The van der Waals surface area contributed by atoms with E-state index < -0.39 is 0 Å². The van der Waals surface area contributed by atoms with Crippen LogP contribution in [0.4, 0.5) is 5.69 Å². The molecule has 1 unspecified atom stereocenters. The minimum Gasteiger partial charge on any atom is -0.374 e. The predicted molar refractivity (Wildman–Crippen MR) is 70.9 cm³/mol. The maximum Gasteiger partial charge on any atom is 0.249 e. The molecule has 90 valence electrons. The summed E-state index contributed by atoms with van der Waals surface area (Å²) < 4.78 is 0. The Labute approximate surface area is 104 Å². The topological polar surface area (TPSA) is 49.0 Å². The molecular formula is C12H15N3OS. The Morgan fingerprint density at radius 3 is 3.06 bits per heavy atom. The van der Waals surface area contributed by atoms with E-state index in [0.29, 0.717) is 5.92 Å². The first kappa shape index (κ1) is 11.9. The van der Waals surface area contributed by atoms with Crippen LogP contribution in [0.15, 0.2) is 34.7 Å². The first-order chi connectivity index (χ1) is 8.16. The lowest BCUT2D eigenvalue weighted by atomic mass is 10.2. The molecule has 0 saturated heterocycles. The van der Waals surface area contributed by atoms with Crippen molar-refractivity contribution in [3.63, 3.8) is 0 Å². The van der Waals surface area contributed by atoms with Crippen molar-refractivity contribution in [2.75, 3.05) is 18.5 Å². The van der Waals surface area contributed by atoms with Gasteiger partial charge in [0.1, 0.15) is 0 Å². The molecule has 0 radical (unpaired) electrons. The molecule has 0 aliphatic heterocycles. The van der Waals surface area contributed by atoms with E-state index in [1.165, 1.54) is 0 Å². The number of pyridine rings is 1. The van der Waals surface area contributed by atoms with Crippen molar-refractivity contribution in [2.24, 2.45) is 0 Å². The Balaban J connectivity index is 2.07. The van der Waals surface area contributed by atoms with Crippen LogP contribution in [0, 0.1) is 0 Å². The average molecular weight is 249 g/mol. The number of nitrogens with one attached hydrogen (secondary N) is 1. The van der Waals surface area contributed by atoms with Crippen LogP contribution < -0.4 is 10.5 Å². The van der Waals surface area contributed by atoms with E-state index in [-0.39, 0.29) is 5.56 Å². The summed E-state index contributed by atoms with van der Waals surface area (Å²) in [6.07, 6.45) is 3.49. The van der Waals surface area contributed by atoms with Crippen LogP contribution in [-0.4, -0.2) is 23.6 Å². The summed E-state index contributed by atoms with van der Waals surface area (Å²) in [5, 5.41) is 3.11. The summed E-state index contributed by atoms with van der Waals surface area (Å²) >= 11 is 1.67. The van der Waals surface area contributed by atoms with Gasteiger partial charge in [-0.05, 0) is 6.07 Å². The molecule has 2 aromatic rings. The van der Waals surface area contributed by atoms with Gasteiger partial charge in [-0.25, -0.2) is 4.98 Å². The molecule has 5 heteroatoms. The third kappa shape index (κ3) is 2.94. The minimum absolute atomic E-state index is 0.0729. The maximum atomic E-state index is 11.2. The van der Waals surface area contributed by atoms with E-state index >= 15 is 0 Å². The van der Waals surface area contributed by atoms with E-state index in [9.17, 15) is 4.79 Å². The summed E-state index contributed by atoms with van der Waals surface area (Å²) in [7, 11) is 1.98. The lowest BCUT2D eigenvalue weighted by molar-refractivity contribution is 0.727. The largest absolute Gasteiger partial charge is 0.374 e. The van der Waals surface area contributed by atoms with Crippen LogP contribution in [-0.2, 0) is 0 Å². The van der Waals surface area contributed by atoms with Gasteiger partial charge in [-0.1, -0.05) is 6.92 Å². The van der Waals surface area contributed by atoms with Crippen molar-refractivity contribution in [1.82, 2.24) is 9.97 Å². The zero-order chi connectivity index (χ0) is 12.3. The van der Waals surface area contributed by atoms with Crippen molar-refractivity contribution < 1.29 is 0 Å². The standard InChI is InChI=1S/C12H15N3OS/c1-9(12-14-5-6-17-12)8-15(2)10-3-4-13-11(16)7-10/h3-7,9H,8H2,1-2H3,(H,13,16). The highest BCUT2D eigenvalue weighted by atomic mass is 32.1. The van der Waals surface area contributed by atoms with Crippen LogP contribution in [0.1, 0.15) is 17.8 Å². The van der Waals surface area contributed by atoms with Gasteiger partial charge in [-0.2, -0.15) is 0 Å².